The third-order valence-corrected chi connectivity index (χ3v) is 2.85. The van der Waals surface area contributed by atoms with E-state index in [4.69, 9.17) is 11.6 Å². The van der Waals surface area contributed by atoms with Crippen molar-refractivity contribution in [2.45, 2.75) is 20.8 Å². The summed E-state index contributed by atoms with van der Waals surface area (Å²) in [7, 11) is 0. The molecule has 16 heavy (non-hydrogen) atoms. The Bertz CT molecular complexity index is 397. The quantitative estimate of drug-likeness (QED) is 0.727. The minimum absolute atomic E-state index is 0.748. The Morgan fingerprint density at radius 3 is 2.56 bits per heavy atom. The van der Waals surface area contributed by atoms with Gasteiger partial charge in [0.05, 0.1) is 6.54 Å². The number of aryl methyl sites for hydroxylation is 1. The first-order valence-corrected chi connectivity index (χ1v) is 6.02. The van der Waals surface area contributed by atoms with Gasteiger partial charge in [0.1, 0.15) is 0 Å². The topological polar surface area (TPSA) is 3.24 Å². The molecule has 1 aromatic rings. The van der Waals surface area contributed by atoms with Gasteiger partial charge in [-0.25, -0.2) is 0 Å². The van der Waals surface area contributed by atoms with E-state index in [1.54, 1.807) is 0 Å². The average molecular weight is 236 g/mol. The fourth-order valence-corrected chi connectivity index (χ4v) is 1.59. The number of halogens is 1. The Morgan fingerprint density at radius 2 is 1.94 bits per heavy atom. The van der Waals surface area contributed by atoms with Crippen LogP contribution >= 0.6 is 11.6 Å². The van der Waals surface area contributed by atoms with E-state index in [9.17, 15) is 0 Å². The summed E-state index contributed by atoms with van der Waals surface area (Å²) in [4.78, 5) is 2.28. The van der Waals surface area contributed by atoms with Crippen molar-refractivity contribution in [3.63, 3.8) is 0 Å². The van der Waals surface area contributed by atoms with E-state index in [2.05, 4.69) is 37.5 Å². The predicted molar refractivity (Wildman–Crippen MR) is 70.9 cm³/mol. The van der Waals surface area contributed by atoms with Gasteiger partial charge >= 0.3 is 0 Å². The molecular formula is C14H18ClN. The molecule has 86 valence electrons. The van der Waals surface area contributed by atoms with Crippen molar-refractivity contribution >= 4 is 11.6 Å². The number of hydrogen-bond donors (Lipinski definition) is 0. The largest absolute Gasteiger partial charge is 0.293 e. The monoisotopic (exact) mass is 235 g/mol. The second-order valence-corrected chi connectivity index (χ2v) is 4.16. The molecule has 0 spiro atoms. The molecule has 0 fully saturated rings. The highest BCUT2D eigenvalue weighted by Gasteiger charge is 1.96. The smallest absolute Gasteiger partial charge is 0.0605 e. The Labute approximate surface area is 103 Å². The van der Waals surface area contributed by atoms with Crippen LogP contribution in [0.3, 0.4) is 0 Å². The summed E-state index contributed by atoms with van der Waals surface area (Å²) in [5.41, 5.74) is 2.20. The van der Waals surface area contributed by atoms with Gasteiger partial charge in [0.2, 0.25) is 0 Å². The zero-order chi connectivity index (χ0) is 12.0. The summed E-state index contributed by atoms with van der Waals surface area (Å²) < 4.78 is 0. The Kier molecular flexibility index (Phi) is 5.38. The van der Waals surface area contributed by atoms with E-state index in [1.165, 1.54) is 5.56 Å². The molecule has 0 aliphatic carbocycles. The highest BCUT2D eigenvalue weighted by molar-refractivity contribution is 6.30. The number of nitrogens with zero attached hydrogens (tertiary/aromatic N) is 1. The van der Waals surface area contributed by atoms with Crippen LogP contribution < -0.4 is 0 Å². The summed E-state index contributed by atoms with van der Waals surface area (Å²) in [6.45, 7) is 9.25. The first-order chi connectivity index (χ1) is 7.67. The van der Waals surface area contributed by atoms with Crippen molar-refractivity contribution in [3.05, 3.63) is 34.3 Å². The predicted octanol–water partition coefficient (Wildman–Crippen LogP) is 3.34. The number of rotatable bonds is 3. The van der Waals surface area contributed by atoms with Crippen LogP contribution in [-0.2, 0) is 0 Å². The van der Waals surface area contributed by atoms with Crippen LogP contribution in [0.25, 0.3) is 0 Å². The lowest BCUT2D eigenvalue weighted by Crippen LogP contribution is -2.22. The summed E-state index contributed by atoms with van der Waals surface area (Å²) in [5.74, 6) is 6.37. The number of benzene rings is 1. The normalized spacial score (nSPS) is 10.1. The van der Waals surface area contributed by atoms with Gasteiger partial charge in [-0.05, 0) is 37.7 Å². The second-order valence-electron chi connectivity index (χ2n) is 3.72. The highest BCUT2D eigenvalue weighted by Crippen LogP contribution is 2.14. The first kappa shape index (κ1) is 13.1. The van der Waals surface area contributed by atoms with Crippen LogP contribution in [0, 0.1) is 18.8 Å². The van der Waals surface area contributed by atoms with Gasteiger partial charge in [-0.2, -0.15) is 0 Å². The van der Waals surface area contributed by atoms with Crippen LogP contribution in [0.1, 0.15) is 25.0 Å². The minimum atomic E-state index is 0.748. The molecule has 0 amide bonds. The maximum absolute atomic E-state index is 5.93. The van der Waals surface area contributed by atoms with Crippen LogP contribution in [0.2, 0.25) is 5.02 Å². The van der Waals surface area contributed by atoms with E-state index in [0.29, 0.717) is 0 Å². The van der Waals surface area contributed by atoms with Gasteiger partial charge in [0.25, 0.3) is 0 Å². The van der Waals surface area contributed by atoms with Crippen molar-refractivity contribution in [2.24, 2.45) is 0 Å². The van der Waals surface area contributed by atoms with Crippen molar-refractivity contribution in [1.82, 2.24) is 4.90 Å². The zero-order valence-electron chi connectivity index (χ0n) is 10.2. The number of hydrogen-bond acceptors (Lipinski definition) is 1. The molecule has 0 saturated carbocycles. The molecule has 0 saturated heterocycles. The van der Waals surface area contributed by atoms with E-state index < -0.39 is 0 Å². The SMILES string of the molecule is CCN(CC)CC#Cc1cc(Cl)ccc1C. The Morgan fingerprint density at radius 1 is 1.25 bits per heavy atom. The van der Waals surface area contributed by atoms with E-state index in [1.807, 2.05) is 18.2 Å². The molecule has 0 heterocycles. The molecule has 0 atom stereocenters. The third-order valence-electron chi connectivity index (χ3n) is 2.62. The third kappa shape index (κ3) is 3.89. The maximum atomic E-state index is 5.93. The van der Waals surface area contributed by atoms with Crippen molar-refractivity contribution in [1.29, 1.82) is 0 Å². The van der Waals surface area contributed by atoms with Crippen LogP contribution in [-0.4, -0.2) is 24.5 Å². The van der Waals surface area contributed by atoms with Crippen molar-refractivity contribution in [3.8, 4) is 11.8 Å². The molecule has 1 rings (SSSR count). The van der Waals surface area contributed by atoms with Gasteiger partial charge in [-0.1, -0.05) is 43.4 Å². The Hall–Kier alpha value is -0.970. The average Bonchev–Trinajstić information content (AvgIpc) is 2.29. The lowest BCUT2D eigenvalue weighted by molar-refractivity contribution is 0.342. The standard InChI is InChI=1S/C14H18ClN/c1-4-16(5-2)10-6-7-13-11-14(15)9-8-12(13)3/h8-9,11H,4-5,10H2,1-3H3. The summed E-state index contributed by atoms with van der Waals surface area (Å²) >= 11 is 5.93. The molecule has 0 bridgehead atoms. The summed E-state index contributed by atoms with van der Waals surface area (Å²) in [6.07, 6.45) is 0. The van der Waals surface area contributed by atoms with E-state index in [-0.39, 0.29) is 0 Å². The molecule has 0 aromatic heterocycles. The Balaban J connectivity index is 2.72. The zero-order valence-corrected chi connectivity index (χ0v) is 10.9. The van der Waals surface area contributed by atoms with Gasteiger partial charge in [0.15, 0.2) is 0 Å². The lowest BCUT2D eigenvalue weighted by Gasteiger charge is -2.13. The van der Waals surface area contributed by atoms with Gasteiger partial charge in [-0.15, -0.1) is 0 Å². The fraction of sp³-hybridized carbons (Fsp3) is 0.429. The second kappa shape index (κ2) is 6.58. The van der Waals surface area contributed by atoms with Crippen molar-refractivity contribution < 1.29 is 0 Å². The molecule has 0 N–H and O–H groups in total. The molecule has 0 aliphatic rings. The van der Waals surface area contributed by atoms with Crippen LogP contribution in [0.4, 0.5) is 0 Å². The van der Waals surface area contributed by atoms with Crippen molar-refractivity contribution in [2.75, 3.05) is 19.6 Å². The summed E-state index contributed by atoms with van der Waals surface area (Å²) in [5, 5.41) is 0.748. The molecule has 0 aliphatic heterocycles. The maximum Gasteiger partial charge on any atom is 0.0605 e. The first-order valence-electron chi connectivity index (χ1n) is 5.64. The lowest BCUT2D eigenvalue weighted by atomic mass is 10.1. The van der Waals surface area contributed by atoms with Gasteiger partial charge in [0, 0.05) is 10.6 Å². The van der Waals surface area contributed by atoms with Crippen LogP contribution in [0.5, 0.6) is 0 Å². The molecule has 2 heteroatoms. The highest BCUT2D eigenvalue weighted by atomic mass is 35.5. The molecule has 1 aromatic carbocycles. The molecule has 0 radical (unpaired) electrons. The van der Waals surface area contributed by atoms with Gasteiger partial charge < -0.3 is 0 Å². The summed E-state index contributed by atoms with van der Waals surface area (Å²) in [6, 6.07) is 5.82. The molecule has 0 unspecified atom stereocenters. The van der Waals surface area contributed by atoms with E-state index >= 15 is 0 Å². The fourth-order valence-electron chi connectivity index (χ4n) is 1.42. The minimum Gasteiger partial charge on any atom is -0.293 e. The van der Waals surface area contributed by atoms with E-state index in [0.717, 1.165) is 30.2 Å². The van der Waals surface area contributed by atoms with Crippen LogP contribution in [0.15, 0.2) is 18.2 Å². The molecular weight excluding hydrogens is 218 g/mol. The van der Waals surface area contributed by atoms with Gasteiger partial charge in [-0.3, -0.25) is 4.90 Å². The molecule has 1 nitrogen and oxygen atoms in total.